The Labute approximate surface area is 65.7 Å². The molecule has 1 heterocycles. The van der Waals surface area contributed by atoms with Crippen LogP contribution in [0.4, 0.5) is 0 Å². The maximum atomic E-state index is 7.08. The third-order valence-electron chi connectivity index (χ3n) is 1.59. The molecule has 0 aromatic heterocycles. The summed E-state index contributed by atoms with van der Waals surface area (Å²) >= 11 is 0. The van der Waals surface area contributed by atoms with E-state index in [1.165, 1.54) is 0 Å². The number of ether oxygens (including phenoxy) is 2. The van der Waals surface area contributed by atoms with Crippen LogP contribution in [0.1, 0.15) is 12.8 Å². The highest BCUT2D eigenvalue weighted by Crippen LogP contribution is 2.10. The summed E-state index contributed by atoms with van der Waals surface area (Å²) in [6.45, 7) is 4.63. The standard InChI is InChI=1S/C7H12N2O2/c1-9-7(8)11-6-2-4-10-5-3-6/h6,8H,1-5H2. The summed E-state index contributed by atoms with van der Waals surface area (Å²) in [5, 5.41) is 7.08. The molecule has 0 aromatic rings. The molecule has 1 aliphatic rings. The number of nitrogens with one attached hydrogen (secondary N) is 1. The van der Waals surface area contributed by atoms with Crippen molar-refractivity contribution in [1.29, 1.82) is 5.41 Å². The second-order valence-corrected chi connectivity index (χ2v) is 2.39. The van der Waals surface area contributed by atoms with Crippen LogP contribution in [0, 0.1) is 5.41 Å². The first-order valence-electron chi connectivity index (χ1n) is 3.62. The van der Waals surface area contributed by atoms with Crippen molar-refractivity contribution in [3.8, 4) is 0 Å². The van der Waals surface area contributed by atoms with E-state index in [2.05, 4.69) is 11.7 Å². The van der Waals surface area contributed by atoms with Gasteiger partial charge in [-0.3, -0.25) is 0 Å². The van der Waals surface area contributed by atoms with Crippen LogP contribution in [0.25, 0.3) is 0 Å². The van der Waals surface area contributed by atoms with E-state index in [0.29, 0.717) is 0 Å². The molecular formula is C7H12N2O2. The Kier molecular flexibility index (Phi) is 3.04. The van der Waals surface area contributed by atoms with Gasteiger partial charge in [0.15, 0.2) is 0 Å². The highest BCUT2D eigenvalue weighted by Gasteiger charge is 2.15. The van der Waals surface area contributed by atoms with Crippen LogP contribution < -0.4 is 0 Å². The number of hydrogen-bond donors (Lipinski definition) is 1. The van der Waals surface area contributed by atoms with Gasteiger partial charge in [-0.15, -0.1) is 0 Å². The van der Waals surface area contributed by atoms with Crippen molar-refractivity contribution in [1.82, 2.24) is 0 Å². The second-order valence-electron chi connectivity index (χ2n) is 2.39. The zero-order chi connectivity index (χ0) is 8.10. The van der Waals surface area contributed by atoms with Gasteiger partial charge in [-0.25, -0.2) is 10.4 Å². The molecule has 1 saturated heterocycles. The van der Waals surface area contributed by atoms with Crippen LogP contribution in [-0.2, 0) is 9.47 Å². The largest absolute Gasteiger partial charge is 0.460 e. The van der Waals surface area contributed by atoms with Crippen molar-refractivity contribution in [2.75, 3.05) is 13.2 Å². The Hall–Kier alpha value is -0.900. The SMILES string of the molecule is C=NC(=N)OC1CCOCC1. The monoisotopic (exact) mass is 156 g/mol. The average molecular weight is 156 g/mol. The van der Waals surface area contributed by atoms with Gasteiger partial charge in [0.25, 0.3) is 0 Å². The minimum atomic E-state index is -0.0862. The molecule has 4 heteroatoms. The third kappa shape index (κ3) is 2.67. The van der Waals surface area contributed by atoms with Crippen LogP contribution in [0.2, 0.25) is 0 Å². The van der Waals surface area contributed by atoms with E-state index in [4.69, 9.17) is 14.9 Å². The third-order valence-corrected chi connectivity index (χ3v) is 1.59. The van der Waals surface area contributed by atoms with E-state index in [-0.39, 0.29) is 12.1 Å². The van der Waals surface area contributed by atoms with Crippen LogP contribution >= 0.6 is 0 Å². The van der Waals surface area contributed by atoms with Crippen LogP contribution in [-0.4, -0.2) is 32.1 Å². The lowest BCUT2D eigenvalue weighted by atomic mass is 10.2. The molecule has 0 amide bonds. The maximum Gasteiger partial charge on any atom is 0.308 e. The lowest BCUT2D eigenvalue weighted by Gasteiger charge is -2.21. The summed E-state index contributed by atoms with van der Waals surface area (Å²) in [6.07, 6.45) is 1.79. The minimum Gasteiger partial charge on any atom is -0.460 e. The number of amidine groups is 1. The van der Waals surface area contributed by atoms with E-state index in [1.807, 2.05) is 0 Å². The van der Waals surface area contributed by atoms with E-state index in [9.17, 15) is 0 Å². The zero-order valence-corrected chi connectivity index (χ0v) is 6.38. The van der Waals surface area contributed by atoms with E-state index >= 15 is 0 Å². The summed E-state index contributed by atoms with van der Waals surface area (Å²) in [5.41, 5.74) is 0. The van der Waals surface area contributed by atoms with Crippen molar-refractivity contribution in [3.63, 3.8) is 0 Å². The molecular weight excluding hydrogens is 144 g/mol. The van der Waals surface area contributed by atoms with Crippen molar-refractivity contribution < 1.29 is 9.47 Å². The number of aliphatic imine (C=N–C) groups is 1. The van der Waals surface area contributed by atoms with Crippen LogP contribution in [0.5, 0.6) is 0 Å². The molecule has 0 spiro atoms. The van der Waals surface area contributed by atoms with Crippen LogP contribution in [0.3, 0.4) is 0 Å². The molecule has 0 unspecified atom stereocenters. The van der Waals surface area contributed by atoms with Gasteiger partial charge in [-0.05, 0) is 6.72 Å². The van der Waals surface area contributed by atoms with Gasteiger partial charge < -0.3 is 9.47 Å². The topological polar surface area (TPSA) is 54.7 Å². The zero-order valence-electron chi connectivity index (χ0n) is 6.38. The Morgan fingerprint density at radius 1 is 1.55 bits per heavy atom. The molecule has 0 aromatic carbocycles. The van der Waals surface area contributed by atoms with Gasteiger partial charge in [-0.1, -0.05) is 0 Å². The highest BCUT2D eigenvalue weighted by atomic mass is 16.5. The first-order chi connectivity index (χ1) is 5.33. The molecule has 62 valence electrons. The fraction of sp³-hybridized carbons (Fsp3) is 0.714. The van der Waals surface area contributed by atoms with Crippen LogP contribution in [0.15, 0.2) is 4.99 Å². The van der Waals surface area contributed by atoms with Crippen molar-refractivity contribution in [2.45, 2.75) is 18.9 Å². The average Bonchev–Trinajstić information content (AvgIpc) is 2.06. The maximum absolute atomic E-state index is 7.08. The molecule has 0 atom stereocenters. The predicted octanol–water partition coefficient (Wildman–Crippen LogP) is 0.817. The fourth-order valence-electron chi connectivity index (χ4n) is 0.989. The van der Waals surface area contributed by atoms with Gasteiger partial charge >= 0.3 is 6.02 Å². The van der Waals surface area contributed by atoms with Gasteiger partial charge in [-0.2, -0.15) is 0 Å². The van der Waals surface area contributed by atoms with Crippen molar-refractivity contribution >= 4 is 12.7 Å². The first-order valence-corrected chi connectivity index (χ1v) is 3.62. The van der Waals surface area contributed by atoms with E-state index in [1.54, 1.807) is 0 Å². The molecule has 1 N–H and O–H groups in total. The van der Waals surface area contributed by atoms with Gasteiger partial charge in [0.05, 0.1) is 13.2 Å². The smallest absolute Gasteiger partial charge is 0.308 e. The molecule has 0 radical (unpaired) electrons. The minimum absolute atomic E-state index is 0.0862. The Bertz CT molecular complexity index is 153. The predicted molar refractivity (Wildman–Crippen MR) is 42.2 cm³/mol. The highest BCUT2D eigenvalue weighted by molar-refractivity contribution is 5.75. The summed E-state index contributed by atoms with van der Waals surface area (Å²) in [6, 6.07) is -0.0862. The van der Waals surface area contributed by atoms with Crippen molar-refractivity contribution in [3.05, 3.63) is 0 Å². The van der Waals surface area contributed by atoms with Gasteiger partial charge in [0.1, 0.15) is 6.10 Å². The number of rotatable bonds is 1. The molecule has 1 rings (SSSR count). The van der Waals surface area contributed by atoms with E-state index < -0.39 is 0 Å². The molecule has 0 saturated carbocycles. The first kappa shape index (κ1) is 8.20. The number of hydrogen-bond acceptors (Lipinski definition) is 3. The molecule has 0 bridgehead atoms. The molecule has 1 fully saturated rings. The number of nitrogens with zero attached hydrogens (tertiary/aromatic N) is 1. The quantitative estimate of drug-likeness (QED) is 0.451. The van der Waals surface area contributed by atoms with Crippen molar-refractivity contribution in [2.24, 2.45) is 4.99 Å². The Morgan fingerprint density at radius 2 is 2.18 bits per heavy atom. The Morgan fingerprint density at radius 3 is 2.73 bits per heavy atom. The van der Waals surface area contributed by atoms with Gasteiger partial charge in [0, 0.05) is 12.8 Å². The summed E-state index contributed by atoms with van der Waals surface area (Å²) in [5.74, 6) is 0. The summed E-state index contributed by atoms with van der Waals surface area (Å²) < 4.78 is 10.2. The molecule has 0 aliphatic carbocycles. The molecule has 1 aliphatic heterocycles. The Balaban J connectivity index is 2.24. The molecule has 4 nitrogen and oxygen atoms in total. The summed E-state index contributed by atoms with van der Waals surface area (Å²) in [7, 11) is 0. The normalized spacial score (nSPS) is 19.3. The fourth-order valence-corrected chi connectivity index (χ4v) is 0.989. The second kappa shape index (κ2) is 4.08. The van der Waals surface area contributed by atoms with Gasteiger partial charge in [0.2, 0.25) is 0 Å². The molecule has 11 heavy (non-hydrogen) atoms. The lowest BCUT2D eigenvalue weighted by Crippen LogP contribution is -2.25. The summed E-state index contributed by atoms with van der Waals surface area (Å²) in [4.78, 5) is 3.35. The van der Waals surface area contributed by atoms with E-state index in [0.717, 1.165) is 26.1 Å². The lowest BCUT2D eigenvalue weighted by molar-refractivity contribution is 0.0192.